The molecule has 0 saturated heterocycles. The van der Waals surface area contributed by atoms with Gasteiger partial charge in [-0.25, -0.2) is 0 Å². The molecule has 0 aliphatic carbocycles. The van der Waals surface area contributed by atoms with Gasteiger partial charge in [0, 0.05) is 14.6 Å². The van der Waals surface area contributed by atoms with Gasteiger partial charge in [-0.2, -0.15) is 0 Å². The van der Waals surface area contributed by atoms with Crippen molar-refractivity contribution in [3.05, 3.63) is 32.4 Å². The molecule has 84 valence electrons. The fourth-order valence-electron chi connectivity index (χ4n) is 1.79. The van der Waals surface area contributed by atoms with Crippen LogP contribution < -0.4 is 5.32 Å². The molecule has 0 heterocycles. The summed E-state index contributed by atoms with van der Waals surface area (Å²) in [5.74, 6) is 0. The minimum Gasteiger partial charge on any atom is -0.313 e. The highest BCUT2D eigenvalue weighted by Gasteiger charge is 2.26. The smallest absolute Gasteiger partial charge is 0.0410 e. The van der Waals surface area contributed by atoms with Crippen molar-refractivity contribution in [1.29, 1.82) is 0 Å². The van der Waals surface area contributed by atoms with Crippen molar-refractivity contribution < 1.29 is 0 Å². The second-order valence-corrected chi connectivity index (χ2v) is 6.35. The molecule has 1 atom stereocenters. The van der Waals surface area contributed by atoms with E-state index in [1.807, 2.05) is 13.1 Å². The first kappa shape index (κ1) is 13.3. The lowest BCUT2D eigenvalue weighted by Gasteiger charge is -2.31. The first-order chi connectivity index (χ1) is 6.86. The Morgan fingerprint density at radius 1 is 1.33 bits per heavy atom. The molecule has 1 aromatic carbocycles. The van der Waals surface area contributed by atoms with Gasteiger partial charge in [-0.1, -0.05) is 32.4 Å². The van der Waals surface area contributed by atoms with E-state index < -0.39 is 0 Å². The molecular weight excluding hydrogens is 320 g/mol. The monoisotopic (exact) mass is 337 g/mol. The number of hydrogen-bond donors (Lipinski definition) is 1. The molecule has 0 fully saturated rings. The maximum Gasteiger partial charge on any atom is 0.0410 e. The molecule has 0 saturated carbocycles. The third-order valence-corrected chi connectivity index (χ3v) is 3.64. The summed E-state index contributed by atoms with van der Waals surface area (Å²) in [7, 11) is 1.99. The van der Waals surface area contributed by atoms with Crippen LogP contribution in [0.25, 0.3) is 0 Å². The van der Waals surface area contributed by atoms with Crippen molar-refractivity contribution >= 4 is 34.2 Å². The molecule has 0 aromatic heterocycles. The molecular formula is C12H17ClIN. The predicted octanol–water partition coefficient (Wildman–Crippen LogP) is 4.25. The van der Waals surface area contributed by atoms with E-state index in [1.54, 1.807) is 0 Å². The lowest BCUT2D eigenvalue weighted by atomic mass is 9.82. The topological polar surface area (TPSA) is 12.0 Å². The molecule has 0 aliphatic rings. The molecule has 3 heteroatoms. The Labute approximate surface area is 111 Å². The second-order valence-electron chi connectivity index (χ2n) is 4.75. The van der Waals surface area contributed by atoms with E-state index in [4.69, 9.17) is 11.6 Å². The quantitative estimate of drug-likeness (QED) is 0.796. The second kappa shape index (κ2) is 5.02. The Morgan fingerprint density at radius 2 is 1.93 bits per heavy atom. The van der Waals surface area contributed by atoms with E-state index in [9.17, 15) is 0 Å². The summed E-state index contributed by atoms with van der Waals surface area (Å²) in [5.41, 5.74) is 1.46. The number of halogens is 2. The summed E-state index contributed by atoms with van der Waals surface area (Å²) in [5, 5.41) is 4.16. The lowest BCUT2D eigenvalue weighted by Crippen LogP contribution is -2.30. The van der Waals surface area contributed by atoms with Gasteiger partial charge < -0.3 is 5.32 Å². The molecule has 1 N–H and O–H groups in total. The van der Waals surface area contributed by atoms with E-state index >= 15 is 0 Å². The van der Waals surface area contributed by atoms with Gasteiger partial charge in [-0.05, 0) is 58.8 Å². The summed E-state index contributed by atoms with van der Waals surface area (Å²) in [4.78, 5) is 0. The van der Waals surface area contributed by atoms with E-state index in [0.29, 0.717) is 6.04 Å². The summed E-state index contributed by atoms with van der Waals surface area (Å²) in [6.07, 6.45) is 0. The van der Waals surface area contributed by atoms with Crippen molar-refractivity contribution in [3.63, 3.8) is 0 Å². The van der Waals surface area contributed by atoms with Crippen LogP contribution in [-0.4, -0.2) is 7.05 Å². The van der Waals surface area contributed by atoms with Crippen LogP contribution in [-0.2, 0) is 0 Å². The van der Waals surface area contributed by atoms with Crippen LogP contribution in [0.4, 0.5) is 0 Å². The highest BCUT2D eigenvalue weighted by Crippen LogP contribution is 2.35. The number of rotatable bonds is 2. The van der Waals surface area contributed by atoms with Crippen molar-refractivity contribution in [1.82, 2.24) is 5.32 Å². The number of nitrogens with one attached hydrogen (secondary N) is 1. The van der Waals surface area contributed by atoms with E-state index in [0.717, 1.165) is 5.02 Å². The highest BCUT2D eigenvalue weighted by molar-refractivity contribution is 14.1. The molecule has 0 bridgehead atoms. The largest absolute Gasteiger partial charge is 0.313 e. The van der Waals surface area contributed by atoms with Crippen molar-refractivity contribution in [3.8, 4) is 0 Å². The standard InChI is InChI=1S/C12H17ClIN/c1-12(2,3)11(15-4)9-7-8(13)5-6-10(9)14/h5-7,11,15H,1-4H3. The molecule has 0 aliphatic heterocycles. The van der Waals surface area contributed by atoms with Crippen LogP contribution in [0.2, 0.25) is 5.02 Å². The van der Waals surface area contributed by atoms with Crippen LogP contribution in [0.15, 0.2) is 18.2 Å². The third kappa shape index (κ3) is 3.33. The number of hydrogen-bond acceptors (Lipinski definition) is 1. The van der Waals surface area contributed by atoms with E-state index in [1.165, 1.54) is 9.13 Å². The molecule has 1 rings (SSSR count). The minimum atomic E-state index is 0.180. The van der Waals surface area contributed by atoms with Crippen LogP contribution in [0.5, 0.6) is 0 Å². The molecule has 0 spiro atoms. The molecule has 1 nitrogen and oxygen atoms in total. The maximum atomic E-state index is 6.04. The first-order valence-corrected chi connectivity index (χ1v) is 6.44. The number of benzene rings is 1. The zero-order chi connectivity index (χ0) is 11.6. The van der Waals surface area contributed by atoms with Crippen LogP contribution in [0.1, 0.15) is 32.4 Å². The Kier molecular flexibility index (Phi) is 4.44. The Balaban J connectivity index is 3.18. The average Bonchev–Trinajstić information content (AvgIpc) is 2.10. The molecule has 1 aromatic rings. The molecule has 0 radical (unpaired) electrons. The Morgan fingerprint density at radius 3 is 2.40 bits per heavy atom. The molecule has 15 heavy (non-hydrogen) atoms. The normalized spacial score (nSPS) is 14.0. The van der Waals surface area contributed by atoms with Gasteiger partial charge in [-0.3, -0.25) is 0 Å². The fourth-order valence-corrected chi connectivity index (χ4v) is 2.62. The van der Waals surface area contributed by atoms with E-state index in [2.05, 4.69) is 60.8 Å². The van der Waals surface area contributed by atoms with Crippen LogP contribution >= 0.6 is 34.2 Å². The summed E-state index contributed by atoms with van der Waals surface area (Å²) >= 11 is 8.39. The van der Waals surface area contributed by atoms with Gasteiger partial charge >= 0.3 is 0 Å². The average molecular weight is 338 g/mol. The Bertz CT molecular complexity index is 344. The predicted molar refractivity (Wildman–Crippen MR) is 75.4 cm³/mol. The van der Waals surface area contributed by atoms with Gasteiger partial charge in [0.2, 0.25) is 0 Å². The van der Waals surface area contributed by atoms with E-state index in [-0.39, 0.29) is 5.41 Å². The molecule has 1 unspecified atom stereocenters. The van der Waals surface area contributed by atoms with Gasteiger partial charge in [0.1, 0.15) is 0 Å². The first-order valence-electron chi connectivity index (χ1n) is 4.98. The van der Waals surface area contributed by atoms with Gasteiger partial charge in [0.15, 0.2) is 0 Å². The zero-order valence-electron chi connectivity index (χ0n) is 9.57. The SMILES string of the molecule is CNC(c1cc(Cl)ccc1I)C(C)(C)C. The van der Waals surface area contributed by atoms with Crippen LogP contribution in [0.3, 0.4) is 0 Å². The molecule has 0 amide bonds. The minimum absolute atomic E-state index is 0.180. The van der Waals surface area contributed by atoms with Gasteiger partial charge in [0.25, 0.3) is 0 Å². The lowest BCUT2D eigenvalue weighted by molar-refractivity contribution is 0.286. The van der Waals surface area contributed by atoms with Crippen molar-refractivity contribution in [2.24, 2.45) is 5.41 Å². The highest BCUT2D eigenvalue weighted by atomic mass is 127. The maximum absolute atomic E-state index is 6.04. The summed E-state index contributed by atoms with van der Waals surface area (Å²) in [6.45, 7) is 6.68. The van der Waals surface area contributed by atoms with Gasteiger partial charge in [0.05, 0.1) is 0 Å². The zero-order valence-corrected chi connectivity index (χ0v) is 12.5. The van der Waals surface area contributed by atoms with Crippen LogP contribution in [0, 0.1) is 8.99 Å². The fraction of sp³-hybridized carbons (Fsp3) is 0.500. The summed E-state index contributed by atoms with van der Waals surface area (Å²) in [6, 6.07) is 6.37. The van der Waals surface area contributed by atoms with Gasteiger partial charge in [-0.15, -0.1) is 0 Å². The summed E-state index contributed by atoms with van der Waals surface area (Å²) < 4.78 is 1.26. The van der Waals surface area contributed by atoms with Crippen molar-refractivity contribution in [2.75, 3.05) is 7.05 Å². The van der Waals surface area contributed by atoms with Crippen molar-refractivity contribution in [2.45, 2.75) is 26.8 Å². The third-order valence-electron chi connectivity index (χ3n) is 2.42. The Hall–Kier alpha value is 0.200.